The molecule has 2 N–H and O–H groups in total. The van der Waals surface area contributed by atoms with Crippen molar-refractivity contribution in [3.63, 3.8) is 0 Å². The van der Waals surface area contributed by atoms with Crippen LogP contribution in [0.5, 0.6) is 0 Å². The molecule has 3 heterocycles. The predicted octanol–water partition coefficient (Wildman–Crippen LogP) is 2.57. The quantitative estimate of drug-likeness (QED) is 0.665. The summed E-state index contributed by atoms with van der Waals surface area (Å²) in [6.07, 6.45) is 1.50. The second kappa shape index (κ2) is 11.0. The third kappa shape index (κ3) is 6.59. The molecule has 0 aliphatic carbocycles. The molecular formula is C23H31N5O3S. The fourth-order valence-electron chi connectivity index (χ4n) is 4.09. The number of hydrogen-bond donors (Lipinski definition) is 2. The van der Waals surface area contributed by atoms with Gasteiger partial charge in [0.15, 0.2) is 5.13 Å². The Labute approximate surface area is 193 Å². The highest BCUT2D eigenvalue weighted by atomic mass is 32.1. The number of amides is 2. The van der Waals surface area contributed by atoms with Crippen LogP contribution in [0.15, 0.2) is 29.6 Å². The molecule has 1 aromatic carbocycles. The summed E-state index contributed by atoms with van der Waals surface area (Å²) in [6.45, 7) is 8.14. The Hall–Kier alpha value is -2.33. The van der Waals surface area contributed by atoms with Crippen molar-refractivity contribution < 1.29 is 14.3 Å². The zero-order chi connectivity index (χ0) is 22.3. The number of carbonyl (C=O) groups is 2. The smallest absolute Gasteiger partial charge is 0.238 e. The second-order valence-corrected chi connectivity index (χ2v) is 9.33. The molecule has 0 saturated carbocycles. The van der Waals surface area contributed by atoms with E-state index in [9.17, 15) is 9.59 Å². The minimum atomic E-state index is -0.0301. The van der Waals surface area contributed by atoms with Crippen LogP contribution in [0.3, 0.4) is 0 Å². The Morgan fingerprint density at radius 2 is 1.78 bits per heavy atom. The maximum atomic E-state index is 12.5. The van der Waals surface area contributed by atoms with Crippen LogP contribution in [0.25, 0.3) is 0 Å². The standard InChI is InChI=1S/C23H31N5O3S/c1-17-16-32-23(24-17)26-22(30)19-6-8-27(9-7-19)15-21(29)25-20-4-2-18(3-5-20)14-28-10-12-31-13-11-28/h2-5,16,19H,6-15H2,1H3,(H,25,29)(H,24,26,30). The molecule has 4 rings (SSSR count). The van der Waals surface area contributed by atoms with Crippen molar-refractivity contribution in [1.82, 2.24) is 14.8 Å². The number of morpholine rings is 1. The molecule has 2 amide bonds. The van der Waals surface area contributed by atoms with Crippen molar-refractivity contribution in [2.24, 2.45) is 5.92 Å². The Kier molecular flexibility index (Phi) is 7.85. The zero-order valence-electron chi connectivity index (χ0n) is 18.5. The molecule has 172 valence electrons. The fourth-order valence-corrected chi connectivity index (χ4v) is 4.78. The highest BCUT2D eigenvalue weighted by Crippen LogP contribution is 2.21. The lowest BCUT2D eigenvalue weighted by molar-refractivity contribution is -0.121. The Bertz CT molecular complexity index is 903. The lowest BCUT2D eigenvalue weighted by atomic mass is 9.96. The Morgan fingerprint density at radius 3 is 2.44 bits per heavy atom. The third-order valence-electron chi connectivity index (χ3n) is 5.92. The molecule has 0 unspecified atom stereocenters. The minimum Gasteiger partial charge on any atom is -0.379 e. The highest BCUT2D eigenvalue weighted by molar-refractivity contribution is 7.13. The summed E-state index contributed by atoms with van der Waals surface area (Å²) < 4.78 is 5.39. The van der Waals surface area contributed by atoms with Gasteiger partial charge in [-0.3, -0.25) is 19.4 Å². The van der Waals surface area contributed by atoms with Gasteiger partial charge in [0.1, 0.15) is 0 Å². The topological polar surface area (TPSA) is 86.8 Å². The van der Waals surface area contributed by atoms with Crippen molar-refractivity contribution >= 4 is 34.0 Å². The monoisotopic (exact) mass is 457 g/mol. The normalized spacial score (nSPS) is 18.4. The van der Waals surface area contributed by atoms with Gasteiger partial charge in [-0.2, -0.15) is 0 Å². The fraction of sp³-hybridized carbons (Fsp3) is 0.522. The highest BCUT2D eigenvalue weighted by Gasteiger charge is 2.26. The molecule has 0 spiro atoms. The van der Waals surface area contributed by atoms with E-state index < -0.39 is 0 Å². The first kappa shape index (κ1) is 22.8. The minimum absolute atomic E-state index is 0.0212. The number of ether oxygens (including phenoxy) is 1. The molecule has 0 radical (unpaired) electrons. The molecule has 1 aromatic heterocycles. The molecule has 2 saturated heterocycles. The summed E-state index contributed by atoms with van der Waals surface area (Å²) in [5, 5.41) is 8.48. The van der Waals surface area contributed by atoms with Gasteiger partial charge in [0, 0.05) is 36.6 Å². The van der Waals surface area contributed by atoms with Gasteiger partial charge >= 0.3 is 0 Å². The van der Waals surface area contributed by atoms with Gasteiger partial charge in [0.05, 0.1) is 25.5 Å². The van der Waals surface area contributed by atoms with Gasteiger partial charge in [-0.05, 0) is 50.6 Å². The van der Waals surface area contributed by atoms with Gasteiger partial charge in [0.25, 0.3) is 0 Å². The number of thiazole rings is 1. The van der Waals surface area contributed by atoms with E-state index in [4.69, 9.17) is 4.74 Å². The lowest BCUT2D eigenvalue weighted by Crippen LogP contribution is -2.41. The van der Waals surface area contributed by atoms with Gasteiger partial charge in [0.2, 0.25) is 11.8 Å². The van der Waals surface area contributed by atoms with Crippen molar-refractivity contribution in [3.05, 3.63) is 40.9 Å². The molecule has 0 atom stereocenters. The number of aromatic nitrogens is 1. The van der Waals surface area contributed by atoms with E-state index in [-0.39, 0.29) is 17.7 Å². The molecule has 2 aliphatic rings. The van der Waals surface area contributed by atoms with E-state index in [2.05, 4.69) is 37.6 Å². The first-order valence-corrected chi connectivity index (χ1v) is 12.1. The second-order valence-electron chi connectivity index (χ2n) is 8.47. The maximum absolute atomic E-state index is 12.5. The average Bonchev–Trinajstić information content (AvgIpc) is 3.20. The van der Waals surface area contributed by atoms with Crippen molar-refractivity contribution in [2.45, 2.75) is 26.3 Å². The van der Waals surface area contributed by atoms with Crippen LogP contribution in [0.4, 0.5) is 10.8 Å². The Morgan fingerprint density at radius 1 is 1.06 bits per heavy atom. The number of aryl methyl sites for hydroxylation is 1. The van der Waals surface area contributed by atoms with E-state index >= 15 is 0 Å². The third-order valence-corrected chi connectivity index (χ3v) is 6.80. The number of hydrogen-bond acceptors (Lipinski definition) is 7. The SMILES string of the molecule is Cc1csc(NC(=O)C2CCN(CC(=O)Nc3ccc(CN4CCOCC4)cc3)CC2)n1. The summed E-state index contributed by atoms with van der Waals surface area (Å²) in [6, 6.07) is 8.06. The van der Waals surface area contributed by atoms with Crippen LogP contribution in [0.2, 0.25) is 0 Å². The van der Waals surface area contributed by atoms with Gasteiger partial charge < -0.3 is 15.4 Å². The number of nitrogens with zero attached hydrogens (tertiary/aromatic N) is 3. The lowest BCUT2D eigenvalue weighted by Gasteiger charge is -2.30. The molecule has 2 aliphatic heterocycles. The molecular weight excluding hydrogens is 426 g/mol. The molecule has 2 aromatic rings. The first-order chi connectivity index (χ1) is 15.5. The number of carbonyl (C=O) groups excluding carboxylic acids is 2. The summed E-state index contributed by atoms with van der Waals surface area (Å²) in [7, 11) is 0. The van der Waals surface area contributed by atoms with E-state index in [1.54, 1.807) is 0 Å². The molecule has 32 heavy (non-hydrogen) atoms. The molecule has 8 nitrogen and oxygen atoms in total. The van der Waals surface area contributed by atoms with Crippen molar-refractivity contribution in [1.29, 1.82) is 0 Å². The number of nitrogens with one attached hydrogen (secondary N) is 2. The molecule has 2 fully saturated rings. The number of benzene rings is 1. The number of likely N-dealkylation sites (tertiary alicyclic amines) is 1. The summed E-state index contributed by atoms with van der Waals surface area (Å²) in [4.78, 5) is 33.7. The van der Waals surface area contributed by atoms with Crippen molar-refractivity contribution in [3.8, 4) is 0 Å². The summed E-state index contributed by atoms with van der Waals surface area (Å²) in [5.41, 5.74) is 2.96. The van der Waals surface area contributed by atoms with Crippen LogP contribution < -0.4 is 10.6 Å². The van der Waals surface area contributed by atoms with Gasteiger partial charge in [-0.1, -0.05) is 12.1 Å². The van der Waals surface area contributed by atoms with E-state index in [1.165, 1.54) is 16.9 Å². The van der Waals surface area contributed by atoms with E-state index in [0.717, 1.165) is 70.2 Å². The maximum Gasteiger partial charge on any atom is 0.238 e. The van der Waals surface area contributed by atoms with Crippen molar-refractivity contribution in [2.75, 3.05) is 56.6 Å². The van der Waals surface area contributed by atoms with Crippen LogP contribution >= 0.6 is 11.3 Å². The Balaban J connectivity index is 1.17. The summed E-state index contributed by atoms with van der Waals surface area (Å²) in [5.74, 6) is -0.0229. The zero-order valence-corrected chi connectivity index (χ0v) is 19.3. The number of rotatable bonds is 7. The van der Waals surface area contributed by atoms with E-state index in [0.29, 0.717) is 11.7 Å². The number of piperidine rings is 1. The predicted molar refractivity (Wildman–Crippen MR) is 126 cm³/mol. The largest absolute Gasteiger partial charge is 0.379 e. The van der Waals surface area contributed by atoms with Crippen LogP contribution in [0, 0.1) is 12.8 Å². The molecule has 0 bridgehead atoms. The van der Waals surface area contributed by atoms with Crippen LogP contribution in [-0.2, 0) is 20.9 Å². The molecule has 9 heteroatoms. The van der Waals surface area contributed by atoms with Crippen LogP contribution in [-0.4, -0.2) is 72.5 Å². The first-order valence-electron chi connectivity index (χ1n) is 11.2. The summed E-state index contributed by atoms with van der Waals surface area (Å²) >= 11 is 1.45. The average molecular weight is 458 g/mol. The van der Waals surface area contributed by atoms with E-state index in [1.807, 2.05) is 24.4 Å². The van der Waals surface area contributed by atoms with Crippen LogP contribution in [0.1, 0.15) is 24.1 Å². The van der Waals surface area contributed by atoms with Gasteiger partial charge in [-0.25, -0.2) is 4.98 Å². The van der Waals surface area contributed by atoms with Gasteiger partial charge in [-0.15, -0.1) is 11.3 Å². The number of anilines is 2.